The number of hydrogen-bond acceptors (Lipinski definition) is 4. The van der Waals surface area contributed by atoms with Crippen LogP contribution in [0.15, 0.2) is 0 Å². The van der Waals surface area contributed by atoms with Gasteiger partial charge in [0, 0.05) is 19.5 Å². The number of Topliss-reactive ketones (excluding diaryl/α,β-unsaturated/α-hetero) is 4. The standard InChI is InChI=1S/2C6H7F3O2.Zn/c2*1-4(10)2-5(11)3-6(7,8)9;/h2*2-3H2,1H3;. The van der Waals surface area contributed by atoms with Crippen LogP contribution in [0.5, 0.6) is 0 Å². The Morgan fingerprint density at radius 3 is 1.00 bits per heavy atom. The Kier molecular flexibility index (Phi) is 13.3. The van der Waals surface area contributed by atoms with E-state index in [-0.39, 0.29) is 19.5 Å². The fourth-order valence-corrected chi connectivity index (χ4v) is 1.13. The van der Waals surface area contributed by atoms with E-state index in [0.29, 0.717) is 0 Å². The van der Waals surface area contributed by atoms with Crippen LogP contribution < -0.4 is 0 Å². The molecule has 0 N–H and O–H groups in total. The monoisotopic (exact) mass is 400 g/mol. The molecule has 0 heterocycles. The van der Waals surface area contributed by atoms with Gasteiger partial charge in [0.2, 0.25) is 0 Å². The first-order chi connectivity index (χ1) is 9.62. The molecule has 4 nitrogen and oxygen atoms in total. The third kappa shape index (κ3) is 26.1. The molecule has 0 aromatic rings. The number of hydrogen-bond donors (Lipinski definition) is 0. The van der Waals surface area contributed by atoms with Gasteiger partial charge in [-0.05, 0) is 13.8 Å². The SMILES string of the molecule is CC(=O)CC(=O)CC(F)(F)F.CC(=O)CC(=O)CC(F)(F)F.[Zn]. The Bertz CT molecular complexity index is 388. The van der Waals surface area contributed by atoms with Gasteiger partial charge in [-0.25, -0.2) is 0 Å². The molecule has 23 heavy (non-hydrogen) atoms. The summed E-state index contributed by atoms with van der Waals surface area (Å²) < 4.78 is 68.5. The molecular formula is C12H14F6O4Zn. The van der Waals surface area contributed by atoms with Crippen LogP contribution in [0.25, 0.3) is 0 Å². The molecule has 0 fully saturated rings. The van der Waals surface area contributed by atoms with Crippen LogP contribution in [0.1, 0.15) is 39.5 Å². The molecule has 0 radical (unpaired) electrons. The quantitative estimate of drug-likeness (QED) is 0.390. The molecule has 0 rings (SSSR count). The maximum absolute atomic E-state index is 11.4. The van der Waals surface area contributed by atoms with Crippen molar-refractivity contribution in [1.29, 1.82) is 0 Å². The third-order valence-corrected chi connectivity index (χ3v) is 1.69. The first-order valence-electron chi connectivity index (χ1n) is 5.78. The van der Waals surface area contributed by atoms with Gasteiger partial charge < -0.3 is 0 Å². The van der Waals surface area contributed by atoms with E-state index in [4.69, 9.17) is 0 Å². The molecule has 11 heteroatoms. The molecule has 0 aliphatic carbocycles. The van der Waals surface area contributed by atoms with Crippen molar-refractivity contribution in [3.8, 4) is 0 Å². The summed E-state index contributed by atoms with van der Waals surface area (Å²) >= 11 is 0. The summed E-state index contributed by atoms with van der Waals surface area (Å²) in [6.45, 7) is 2.16. The number of ketones is 4. The third-order valence-electron chi connectivity index (χ3n) is 1.69. The molecule has 0 aromatic heterocycles. The zero-order valence-corrected chi connectivity index (χ0v) is 15.4. The molecule has 0 atom stereocenters. The Morgan fingerprint density at radius 2 is 0.870 bits per heavy atom. The summed E-state index contributed by atoms with van der Waals surface area (Å²) in [5.74, 6) is -3.24. The molecular weight excluding hydrogens is 388 g/mol. The first-order valence-corrected chi connectivity index (χ1v) is 5.78. The summed E-state index contributed by atoms with van der Waals surface area (Å²) in [6, 6.07) is 0. The molecule has 0 aromatic carbocycles. The Balaban J connectivity index is -0.000000333. The van der Waals surface area contributed by atoms with Crippen LogP contribution in [0, 0.1) is 0 Å². The molecule has 0 saturated heterocycles. The smallest absolute Gasteiger partial charge is 0.300 e. The second-order valence-corrected chi connectivity index (χ2v) is 4.42. The molecule has 0 amide bonds. The van der Waals surface area contributed by atoms with Gasteiger partial charge >= 0.3 is 12.4 Å². The maximum atomic E-state index is 11.4. The summed E-state index contributed by atoms with van der Waals surface area (Å²) in [4.78, 5) is 41.0. The van der Waals surface area contributed by atoms with Gasteiger partial charge in [0.25, 0.3) is 0 Å². The summed E-state index contributed by atoms with van der Waals surface area (Å²) in [7, 11) is 0. The van der Waals surface area contributed by atoms with Crippen molar-refractivity contribution in [3.63, 3.8) is 0 Å². The van der Waals surface area contributed by atoms with E-state index >= 15 is 0 Å². The van der Waals surface area contributed by atoms with Gasteiger partial charge in [0.15, 0.2) is 0 Å². The van der Waals surface area contributed by atoms with Gasteiger partial charge in [-0.15, -0.1) is 0 Å². The van der Waals surface area contributed by atoms with Crippen molar-refractivity contribution in [2.75, 3.05) is 0 Å². The second-order valence-electron chi connectivity index (χ2n) is 4.42. The van der Waals surface area contributed by atoms with E-state index in [1.54, 1.807) is 0 Å². The summed E-state index contributed by atoms with van der Waals surface area (Å²) in [5.41, 5.74) is 0. The molecule has 0 unspecified atom stereocenters. The fourth-order valence-electron chi connectivity index (χ4n) is 1.13. The average Bonchev–Trinajstić information content (AvgIpc) is 2.07. The number of carbonyl (C=O) groups is 4. The predicted octanol–water partition coefficient (Wildman–Crippen LogP) is 2.97. The second kappa shape index (κ2) is 11.4. The van der Waals surface area contributed by atoms with Gasteiger partial charge in [0.1, 0.15) is 36.0 Å². The topological polar surface area (TPSA) is 68.3 Å². The van der Waals surface area contributed by atoms with Crippen LogP contribution in [0.2, 0.25) is 0 Å². The molecule has 0 bridgehead atoms. The van der Waals surface area contributed by atoms with Gasteiger partial charge in [0.05, 0.1) is 12.8 Å². The first kappa shape index (κ1) is 26.8. The van der Waals surface area contributed by atoms with Crippen molar-refractivity contribution < 1.29 is 65.0 Å². The Hall–Kier alpha value is -1.12. The van der Waals surface area contributed by atoms with Crippen molar-refractivity contribution in [1.82, 2.24) is 0 Å². The van der Waals surface area contributed by atoms with Crippen molar-refractivity contribution in [3.05, 3.63) is 0 Å². The van der Waals surface area contributed by atoms with E-state index in [9.17, 15) is 45.5 Å². The number of rotatable bonds is 6. The minimum atomic E-state index is -4.49. The van der Waals surface area contributed by atoms with Crippen molar-refractivity contribution >= 4 is 23.1 Å². The Morgan fingerprint density at radius 1 is 0.652 bits per heavy atom. The van der Waals surface area contributed by atoms with Crippen molar-refractivity contribution in [2.24, 2.45) is 0 Å². The Labute approximate surface area is 140 Å². The normalized spacial score (nSPS) is 10.8. The zero-order chi connectivity index (χ0) is 18.1. The number of carbonyl (C=O) groups excluding carboxylic acids is 4. The minimum absolute atomic E-state index is 0. The van der Waals surface area contributed by atoms with Crippen LogP contribution >= 0.6 is 0 Å². The molecule has 130 valence electrons. The van der Waals surface area contributed by atoms with Crippen LogP contribution in [0.3, 0.4) is 0 Å². The average molecular weight is 402 g/mol. The van der Waals surface area contributed by atoms with Crippen LogP contribution in [-0.2, 0) is 38.7 Å². The van der Waals surface area contributed by atoms with Crippen LogP contribution in [-0.4, -0.2) is 35.5 Å². The van der Waals surface area contributed by atoms with E-state index in [1.807, 2.05) is 0 Å². The summed E-state index contributed by atoms with van der Waals surface area (Å²) in [5, 5.41) is 0. The number of alkyl halides is 6. The van der Waals surface area contributed by atoms with Gasteiger partial charge in [-0.3, -0.25) is 19.2 Å². The van der Waals surface area contributed by atoms with Crippen molar-refractivity contribution in [2.45, 2.75) is 51.9 Å². The van der Waals surface area contributed by atoms with E-state index in [2.05, 4.69) is 0 Å². The fraction of sp³-hybridized carbons (Fsp3) is 0.667. The van der Waals surface area contributed by atoms with E-state index in [0.717, 1.165) is 13.8 Å². The molecule has 0 aliphatic heterocycles. The van der Waals surface area contributed by atoms with Crippen LogP contribution in [0.4, 0.5) is 26.3 Å². The summed E-state index contributed by atoms with van der Waals surface area (Å²) in [6.07, 6.45) is -13.3. The minimum Gasteiger partial charge on any atom is -0.300 e. The zero-order valence-electron chi connectivity index (χ0n) is 12.4. The van der Waals surface area contributed by atoms with E-state index in [1.165, 1.54) is 0 Å². The maximum Gasteiger partial charge on any atom is 0.395 e. The predicted molar refractivity (Wildman–Crippen MR) is 62.0 cm³/mol. The van der Waals surface area contributed by atoms with Gasteiger partial charge in [-0.2, -0.15) is 26.3 Å². The molecule has 0 aliphatic rings. The number of halogens is 6. The molecule has 0 spiro atoms. The molecule has 0 saturated carbocycles. The largest absolute Gasteiger partial charge is 0.395 e. The van der Waals surface area contributed by atoms with Gasteiger partial charge in [-0.1, -0.05) is 0 Å². The van der Waals surface area contributed by atoms with E-state index < -0.39 is 61.2 Å².